The lowest BCUT2D eigenvalue weighted by molar-refractivity contribution is -0.143. The van der Waals surface area contributed by atoms with Crippen LogP contribution in [-0.2, 0) is 24.1 Å². The van der Waals surface area contributed by atoms with Gasteiger partial charge in [-0.2, -0.15) is 23.4 Å². The van der Waals surface area contributed by atoms with Crippen LogP contribution < -0.4 is 0 Å². The van der Waals surface area contributed by atoms with Crippen LogP contribution in [0.4, 0.5) is 13.2 Å². The molecule has 10 heteroatoms. The second kappa shape index (κ2) is 7.19. The maximum atomic E-state index is 13.0. The van der Waals surface area contributed by atoms with E-state index in [0.717, 1.165) is 16.8 Å². The molecule has 0 aromatic carbocycles. The summed E-state index contributed by atoms with van der Waals surface area (Å²) in [5.74, 6) is -0.337. The third-order valence-electron chi connectivity index (χ3n) is 3.88. The maximum absolute atomic E-state index is 13.0. The van der Waals surface area contributed by atoms with Gasteiger partial charge in [0.2, 0.25) is 5.91 Å². The van der Waals surface area contributed by atoms with Gasteiger partial charge in [0.05, 0.1) is 16.4 Å². The number of rotatable bonds is 5. The largest absolute Gasteiger partial charge is 0.436 e. The van der Waals surface area contributed by atoms with Gasteiger partial charge in [0.1, 0.15) is 6.04 Å². The van der Waals surface area contributed by atoms with E-state index in [1.165, 1.54) is 18.7 Å². The molecule has 0 aliphatic heterocycles. The molecule has 0 aliphatic rings. The molecule has 2 heterocycles. The van der Waals surface area contributed by atoms with Gasteiger partial charge in [-0.05, 0) is 36.7 Å². The number of likely N-dealkylation sites (N-methyl/N-ethyl adjacent to an activating group) is 1. The number of hydrogen-bond donors (Lipinski definition) is 0. The zero-order valence-corrected chi connectivity index (χ0v) is 15.9. The Hall–Kier alpha value is -1.84. The number of nitrogens with zero attached hydrogens (tertiary/aromatic N) is 5. The third-order valence-corrected chi connectivity index (χ3v) is 4.83. The van der Waals surface area contributed by atoms with Crippen LogP contribution in [0.3, 0.4) is 0 Å². The Bertz CT molecular complexity index is 768. The smallest absolute Gasteiger partial charge is 0.339 e. The van der Waals surface area contributed by atoms with E-state index in [4.69, 9.17) is 0 Å². The summed E-state index contributed by atoms with van der Waals surface area (Å²) in [5.41, 5.74) is 0.0659. The van der Waals surface area contributed by atoms with Crippen molar-refractivity contribution in [3.8, 4) is 0 Å². The fourth-order valence-corrected chi connectivity index (χ4v) is 2.98. The minimum atomic E-state index is -4.59. The Labute approximate surface area is 151 Å². The number of amides is 1. The fourth-order valence-electron chi connectivity index (χ4n) is 2.49. The first-order valence-electron chi connectivity index (χ1n) is 7.64. The van der Waals surface area contributed by atoms with E-state index < -0.39 is 17.9 Å². The van der Waals surface area contributed by atoms with Crippen LogP contribution in [0.2, 0.25) is 0 Å². The summed E-state index contributed by atoms with van der Waals surface area (Å²) in [6.45, 7) is 6.00. The molecule has 0 saturated heterocycles. The van der Waals surface area contributed by atoms with Gasteiger partial charge in [-0.3, -0.25) is 14.2 Å². The molecule has 0 aliphatic carbocycles. The highest BCUT2D eigenvalue weighted by Gasteiger charge is 2.39. The van der Waals surface area contributed by atoms with Crippen LogP contribution in [0.5, 0.6) is 0 Å². The molecule has 25 heavy (non-hydrogen) atoms. The van der Waals surface area contributed by atoms with Crippen molar-refractivity contribution in [2.75, 3.05) is 7.05 Å². The van der Waals surface area contributed by atoms with Crippen LogP contribution in [0.25, 0.3) is 0 Å². The van der Waals surface area contributed by atoms with Gasteiger partial charge in [-0.1, -0.05) is 0 Å². The van der Waals surface area contributed by atoms with E-state index in [2.05, 4.69) is 26.1 Å². The molecule has 0 N–H and O–H groups in total. The minimum Gasteiger partial charge on any atom is -0.339 e. The molecule has 0 radical (unpaired) electrons. The molecule has 0 unspecified atom stereocenters. The molecule has 0 bridgehead atoms. The summed E-state index contributed by atoms with van der Waals surface area (Å²) in [5, 5.41) is 7.73. The number of carbonyl (C=O) groups excluding carboxylic acids is 1. The zero-order valence-electron chi connectivity index (χ0n) is 14.3. The Morgan fingerprint density at radius 3 is 2.56 bits per heavy atom. The van der Waals surface area contributed by atoms with Gasteiger partial charge in [0.15, 0.2) is 5.69 Å². The van der Waals surface area contributed by atoms with Crippen LogP contribution in [-0.4, -0.2) is 37.4 Å². The van der Waals surface area contributed by atoms with Gasteiger partial charge in [-0.25, -0.2) is 0 Å². The van der Waals surface area contributed by atoms with E-state index in [-0.39, 0.29) is 16.1 Å². The molecule has 0 fully saturated rings. The van der Waals surface area contributed by atoms with Crippen LogP contribution in [0.1, 0.15) is 36.8 Å². The van der Waals surface area contributed by atoms with Crippen molar-refractivity contribution in [1.29, 1.82) is 0 Å². The highest BCUT2D eigenvalue weighted by molar-refractivity contribution is 9.10. The summed E-state index contributed by atoms with van der Waals surface area (Å²) < 4.78 is 41.6. The molecule has 138 valence electrons. The number of aromatic nitrogens is 4. The van der Waals surface area contributed by atoms with Crippen LogP contribution >= 0.6 is 15.9 Å². The molecule has 2 aromatic heterocycles. The standard InChI is InChI=1S/C15H19BrF3N5O/c1-5-23-8-11(6-20-23)7-22(4)14(25)10(3)24-9(2)12(16)13(21-24)15(17,18)19/h6,8,10H,5,7H2,1-4H3/t10-/m0/s1. The summed E-state index contributed by atoms with van der Waals surface area (Å²) in [6.07, 6.45) is -1.10. The average molecular weight is 422 g/mol. The van der Waals surface area contributed by atoms with E-state index in [0.29, 0.717) is 6.54 Å². The van der Waals surface area contributed by atoms with E-state index in [1.807, 2.05) is 13.1 Å². The fraction of sp³-hybridized carbons (Fsp3) is 0.533. The predicted molar refractivity (Wildman–Crippen MR) is 88.8 cm³/mol. The molecule has 0 saturated carbocycles. The summed E-state index contributed by atoms with van der Waals surface area (Å²) in [7, 11) is 1.60. The quantitative estimate of drug-likeness (QED) is 0.743. The molecular formula is C15H19BrF3N5O. The van der Waals surface area contributed by atoms with Gasteiger partial charge >= 0.3 is 6.18 Å². The molecular weight excluding hydrogens is 403 g/mol. The van der Waals surface area contributed by atoms with Crippen molar-refractivity contribution < 1.29 is 18.0 Å². The average Bonchev–Trinajstić information content (AvgIpc) is 3.11. The number of alkyl halides is 3. The first-order chi connectivity index (χ1) is 11.6. The van der Waals surface area contributed by atoms with E-state index in [9.17, 15) is 18.0 Å². The lowest BCUT2D eigenvalue weighted by atomic mass is 10.2. The van der Waals surface area contributed by atoms with E-state index in [1.54, 1.807) is 17.9 Å². The number of halogens is 4. The Morgan fingerprint density at radius 1 is 1.44 bits per heavy atom. The number of hydrogen-bond acceptors (Lipinski definition) is 3. The molecule has 0 spiro atoms. The normalized spacial score (nSPS) is 13.1. The van der Waals surface area contributed by atoms with Gasteiger partial charge < -0.3 is 4.90 Å². The third kappa shape index (κ3) is 4.05. The van der Waals surface area contributed by atoms with E-state index >= 15 is 0 Å². The molecule has 1 atom stereocenters. The molecule has 2 rings (SSSR count). The van der Waals surface area contributed by atoms with Crippen molar-refractivity contribution in [3.05, 3.63) is 33.8 Å². The monoisotopic (exact) mass is 421 g/mol. The van der Waals surface area contributed by atoms with Crippen molar-refractivity contribution in [2.45, 2.75) is 46.1 Å². The molecule has 6 nitrogen and oxygen atoms in total. The first kappa shape index (κ1) is 19.5. The molecule has 2 aromatic rings. The summed E-state index contributed by atoms with van der Waals surface area (Å²) >= 11 is 2.92. The van der Waals surface area contributed by atoms with Crippen LogP contribution in [0, 0.1) is 6.92 Å². The second-order valence-corrected chi connectivity index (χ2v) is 6.56. The molecule has 1 amide bonds. The van der Waals surface area contributed by atoms with Crippen molar-refractivity contribution in [1.82, 2.24) is 24.5 Å². The number of aryl methyl sites for hydroxylation is 1. The van der Waals surface area contributed by atoms with Gasteiger partial charge in [-0.15, -0.1) is 0 Å². The second-order valence-electron chi connectivity index (χ2n) is 5.76. The van der Waals surface area contributed by atoms with Gasteiger partial charge in [0.25, 0.3) is 0 Å². The van der Waals surface area contributed by atoms with Crippen molar-refractivity contribution in [2.24, 2.45) is 0 Å². The summed E-state index contributed by atoms with van der Waals surface area (Å²) in [6, 6.07) is -0.862. The maximum Gasteiger partial charge on any atom is 0.436 e. The van der Waals surface area contributed by atoms with Crippen molar-refractivity contribution in [3.63, 3.8) is 0 Å². The predicted octanol–water partition coefficient (Wildman–Crippen LogP) is 3.41. The first-order valence-corrected chi connectivity index (χ1v) is 8.43. The number of carbonyl (C=O) groups is 1. The Kier molecular flexibility index (Phi) is 5.60. The Balaban J connectivity index is 2.19. The van der Waals surface area contributed by atoms with Crippen LogP contribution in [0.15, 0.2) is 16.9 Å². The van der Waals surface area contributed by atoms with Gasteiger partial charge in [0, 0.05) is 31.9 Å². The summed E-state index contributed by atoms with van der Waals surface area (Å²) in [4.78, 5) is 14.0. The lowest BCUT2D eigenvalue weighted by Gasteiger charge is -2.22. The lowest BCUT2D eigenvalue weighted by Crippen LogP contribution is -2.33. The highest BCUT2D eigenvalue weighted by Crippen LogP contribution is 2.36. The SMILES string of the molecule is CCn1cc(CN(C)C(=O)[C@H](C)n2nc(C(F)(F)F)c(Br)c2C)cn1. The topological polar surface area (TPSA) is 56.0 Å². The van der Waals surface area contributed by atoms with Crippen molar-refractivity contribution >= 4 is 21.8 Å². The zero-order chi connectivity index (χ0) is 18.9. The highest BCUT2D eigenvalue weighted by atomic mass is 79.9. The Morgan fingerprint density at radius 2 is 2.08 bits per heavy atom. The minimum absolute atomic E-state index is 0.147.